The second-order valence-corrected chi connectivity index (χ2v) is 7.17. The van der Waals surface area contributed by atoms with E-state index >= 15 is 0 Å². The molecule has 0 bridgehead atoms. The number of methoxy groups -OCH3 is 1. The van der Waals surface area contributed by atoms with Crippen molar-refractivity contribution in [3.63, 3.8) is 0 Å². The molecule has 1 rings (SSSR count). The fraction of sp³-hybridized carbons (Fsp3) is 0.500. The lowest BCUT2D eigenvalue weighted by molar-refractivity contribution is 0.0635. The van der Waals surface area contributed by atoms with Gasteiger partial charge in [-0.1, -0.05) is 6.07 Å². The average molecular weight is 397 g/mol. The van der Waals surface area contributed by atoms with Crippen LogP contribution in [-0.2, 0) is 9.47 Å². The van der Waals surface area contributed by atoms with Crippen LogP contribution in [0.3, 0.4) is 0 Å². The summed E-state index contributed by atoms with van der Waals surface area (Å²) in [7, 11) is 3.28. The largest absolute Gasteiger partial charge is 0.444 e. The van der Waals surface area contributed by atoms with E-state index in [1.807, 2.05) is 0 Å². The van der Waals surface area contributed by atoms with Gasteiger partial charge in [0.05, 0.1) is 0 Å². The van der Waals surface area contributed by atoms with Gasteiger partial charge >= 0.3 is 6.09 Å². The molecule has 1 aromatic rings. The van der Waals surface area contributed by atoms with Gasteiger partial charge in [0, 0.05) is 38.6 Å². The first-order valence-corrected chi connectivity index (χ1v) is 8.95. The Bertz CT molecular complexity index is 661. The number of anilines is 1. The lowest BCUT2D eigenvalue weighted by Crippen LogP contribution is -2.48. The molecule has 0 aliphatic carbocycles. The van der Waals surface area contributed by atoms with Crippen LogP contribution in [0.15, 0.2) is 24.3 Å². The fourth-order valence-electron chi connectivity index (χ4n) is 1.96. The molecule has 2 amide bonds. The smallest absolute Gasteiger partial charge is 0.412 e. The number of rotatable bonds is 6. The van der Waals surface area contributed by atoms with Crippen molar-refractivity contribution in [1.29, 1.82) is 0 Å². The zero-order valence-corrected chi connectivity index (χ0v) is 17.2. The summed E-state index contributed by atoms with van der Waals surface area (Å²) >= 11 is 5.21. The number of thiocarbonyl (C=S) groups is 1. The van der Waals surface area contributed by atoms with Crippen LogP contribution >= 0.6 is 12.2 Å². The van der Waals surface area contributed by atoms with Crippen molar-refractivity contribution >= 4 is 35.0 Å². The van der Waals surface area contributed by atoms with Gasteiger partial charge in [-0.2, -0.15) is 0 Å². The van der Waals surface area contributed by atoms with Crippen LogP contribution in [0.1, 0.15) is 37.6 Å². The summed E-state index contributed by atoms with van der Waals surface area (Å²) in [5.41, 5.74) is 2.90. The molecule has 0 aliphatic rings. The number of hydrogen-bond donors (Lipinski definition) is 3. The minimum Gasteiger partial charge on any atom is -0.444 e. The van der Waals surface area contributed by atoms with Crippen molar-refractivity contribution < 1.29 is 19.1 Å². The molecule has 27 heavy (non-hydrogen) atoms. The highest BCUT2D eigenvalue weighted by Gasteiger charge is 2.17. The highest BCUT2D eigenvalue weighted by molar-refractivity contribution is 7.80. The lowest BCUT2D eigenvalue weighted by Gasteiger charge is -2.22. The van der Waals surface area contributed by atoms with Crippen LogP contribution in [0.25, 0.3) is 0 Å². The topological polar surface area (TPSA) is 91.9 Å². The summed E-state index contributed by atoms with van der Waals surface area (Å²) in [6.07, 6.45) is 0.218. The quantitative estimate of drug-likeness (QED) is 0.387. The van der Waals surface area contributed by atoms with Crippen LogP contribution in [0.2, 0.25) is 0 Å². The summed E-state index contributed by atoms with van der Waals surface area (Å²) in [6.45, 7) is 6.60. The van der Waals surface area contributed by atoms with Gasteiger partial charge < -0.3 is 14.8 Å². The van der Waals surface area contributed by atoms with Crippen LogP contribution in [0.4, 0.5) is 10.5 Å². The van der Waals surface area contributed by atoms with Gasteiger partial charge in [-0.3, -0.25) is 20.5 Å². The number of hydrogen-bond acceptors (Lipinski definition) is 5. The van der Waals surface area contributed by atoms with Gasteiger partial charge in [-0.25, -0.2) is 4.79 Å². The molecule has 0 unspecified atom stereocenters. The maximum absolute atomic E-state index is 12.4. The number of ether oxygens (including phenoxy) is 2. The van der Waals surface area contributed by atoms with Gasteiger partial charge in [0.15, 0.2) is 5.11 Å². The Morgan fingerprint density at radius 2 is 1.96 bits per heavy atom. The summed E-state index contributed by atoms with van der Waals surface area (Å²) in [4.78, 5) is 24.2. The second kappa shape index (κ2) is 10.7. The number of hydrazine groups is 1. The molecule has 0 saturated carbocycles. The van der Waals surface area contributed by atoms with Gasteiger partial charge in [0.25, 0.3) is 5.91 Å². The van der Waals surface area contributed by atoms with E-state index in [0.717, 1.165) is 6.42 Å². The Hall–Kier alpha value is -2.39. The number of nitrogens with zero attached hydrogens (tertiary/aromatic N) is 1. The number of carbonyl (C=O) groups excluding carboxylic acids is 2. The van der Waals surface area contributed by atoms with E-state index in [1.54, 1.807) is 59.2 Å². The van der Waals surface area contributed by atoms with Gasteiger partial charge in [-0.15, -0.1) is 0 Å². The molecule has 0 saturated heterocycles. The van der Waals surface area contributed by atoms with Gasteiger partial charge in [0.1, 0.15) is 5.60 Å². The molecule has 0 radical (unpaired) electrons. The SMILES string of the molecule is COCCCNC(=S)N(C)NC(=O)c1cccc(NC(=O)OC(C)(C)C)c1. The highest BCUT2D eigenvalue weighted by Crippen LogP contribution is 2.13. The molecule has 0 spiro atoms. The minimum absolute atomic E-state index is 0.355. The first-order valence-electron chi connectivity index (χ1n) is 8.54. The van der Waals surface area contributed by atoms with Crippen molar-refractivity contribution in [2.75, 3.05) is 32.6 Å². The molecule has 0 atom stereocenters. The lowest BCUT2D eigenvalue weighted by atomic mass is 10.2. The summed E-state index contributed by atoms with van der Waals surface area (Å²) < 4.78 is 10.2. The van der Waals surface area contributed by atoms with E-state index in [0.29, 0.717) is 29.5 Å². The molecule has 9 heteroatoms. The summed E-state index contributed by atoms with van der Waals surface area (Å²) in [5, 5.41) is 7.45. The number of benzene rings is 1. The first kappa shape index (κ1) is 22.7. The van der Waals surface area contributed by atoms with Gasteiger partial charge in [0.2, 0.25) is 0 Å². The molecule has 8 nitrogen and oxygen atoms in total. The standard InChI is InChI=1S/C18H28N4O4S/c1-18(2,3)26-17(24)20-14-9-6-8-13(12-14)15(23)21-22(4)16(27)19-10-7-11-25-5/h6,8-9,12H,7,10-11H2,1-5H3,(H,19,27)(H,20,24)(H,21,23). The first-order chi connectivity index (χ1) is 12.6. The van der Waals surface area contributed by atoms with Crippen LogP contribution in [0.5, 0.6) is 0 Å². The molecule has 0 aliphatic heterocycles. The molecule has 0 heterocycles. The van der Waals surface area contributed by atoms with E-state index < -0.39 is 11.7 Å². The predicted molar refractivity (Wildman–Crippen MR) is 109 cm³/mol. The molecular formula is C18H28N4O4S. The van der Waals surface area contributed by atoms with E-state index in [9.17, 15) is 9.59 Å². The van der Waals surface area contributed by atoms with E-state index in [-0.39, 0.29) is 5.91 Å². The normalized spacial score (nSPS) is 10.7. The van der Waals surface area contributed by atoms with Crippen LogP contribution in [-0.4, -0.2) is 55.0 Å². The fourth-order valence-corrected chi connectivity index (χ4v) is 2.11. The maximum atomic E-state index is 12.4. The third-order valence-electron chi connectivity index (χ3n) is 3.15. The van der Waals surface area contributed by atoms with E-state index in [1.165, 1.54) is 5.01 Å². The molecule has 0 aromatic heterocycles. The Balaban J connectivity index is 2.60. The summed E-state index contributed by atoms with van der Waals surface area (Å²) in [5.74, 6) is -0.355. The number of amides is 2. The Labute approximate surface area is 165 Å². The minimum atomic E-state index is -0.603. The summed E-state index contributed by atoms with van der Waals surface area (Å²) in [6, 6.07) is 6.54. The molecular weight excluding hydrogens is 368 g/mol. The third kappa shape index (κ3) is 9.20. The van der Waals surface area contributed by atoms with Crippen molar-refractivity contribution in [1.82, 2.24) is 15.8 Å². The predicted octanol–water partition coefficient (Wildman–Crippen LogP) is 2.52. The van der Waals surface area contributed by atoms with E-state index in [2.05, 4.69) is 16.1 Å². The monoisotopic (exact) mass is 396 g/mol. The zero-order chi connectivity index (χ0) is 20.4. The number of nitrogens with one attached hydrogen (secondary N) is 3. The van der Waals surface area contributed by atoms with Crippen LogP contribution < -0.4 is 16.1 Å². The average Bonchev–Trinajstić information content (AvgIpc) is 2.56. The van der Waals surface area contributed by atoms with E-state index in [4.69, 9.17) is 21.7 Å². The number of carbonyl (C=O) groups is 2. The third-order valence-corrected chi connectivity index (χ3v) is 3.56. The molecule has 0 fully saturated rings. The molecule has 1 aromatic carbocycles. The Morgan fingerprint density at radius 1 is 1.26 bits per heavy atom. The van der Waals surface area contributed by atoms with Crippen molar-refractivity contribution in [2.45, 2.75) is 32.8 Å². The zero-order valence-electron chi connectivity index (χ0n) is 16.4. The molecule has 3 N–H and O–H groups in total. The van der Waals surface area contributed by atoms with Crippen molar-refractivity contribution in [3.05, 3.63) is 29.8 Å². The maximum Gasteiger partial charge on any atom is 0.412 e. The molecule has 150 valence electrons. The van der Waals surface area contributed by atoms with Crippen LogP contribution in [0, 0.1) is 0 Å². The Kier molecular flexibility index (Phi) is 8.96. The van der Waals surface area contributed by atoms with Crippen molar-refractivity contribution in [2.24, 2.45) is 0 Å². The van der Waals surface area contributed by atoms with Gasteiger partial charge in [-0.05, 0) is 57.6 Å². The van der Waals surface area contributed by atoms with Crippen molar-refractivity contribution in [3.8, 4) is 0 Å². The second-order valence-electron chi connectivity index (χ2n) is 6.79. The Morgan fingerprint density at radius 3 is 2.59 bits per heavy atom. The highest BCUT2D eigenvalue weighted by atomic mass is 32.1.